The number of methoxy groups -OCH3 is 1. The molecule has 110 valence electrons. The van der Waals surface area contributed by atoms with E-state index in [2.05, 4.69) is 6.07 Å². The highest BCUT2D eigenvalue weighted by atomic mass is 32.1. The molecule has 1 aromatic rings. The lowest BCUT2D eigenvalue weighted by Gasteiger charge is -2.25. The summed E-state index contributed by atoms with van der Waals surface area (Å²) >= 11 is 5.15. The lowest BCUT2D eigenvalue weighted by atomic mass is 10.1. The Hall–Kier alpha value is -1.24. The molecule has 0 spiro atoms. The molecule has 0 aromatic carbocycles. The lowest BCUT2D eigenvalue weighted by molar-refractivity contribution is 0.202. The van der Waals surface area contributed by atoms with E-state index >= 15 is 0 Å². The maximum atomic E-state index is 9.25. The van der Waals surface area contributed by atoms with Crippen LogP contribution in [-0.4, -0.2) is 48.5 Å². The minimum atomic E-state index is 0.0548. The van der Waals surface area contributed by atoms with Gasteiger partial charge in [0.15, 0.2) is 0 Å². The summed E-state index contributed by atoms with van der Waals surface area (Å²) in [4.78, 5) is 7.07. The van der Waals surface area contributed by atoms with Gasteiger partial charge in [-0.3, -0.25) is 0 Å². The topological polar surface area (TPSA) is 71.6 Å². The van der Waals surface area contributed by atoms with Crippen molar-refractivity contribution in [2.45, 2.75) is 19.3 Å². The molecule has 0 amide bonds. The molecule has 6 heteroatoms. The summed E-state index contributed by atoms with van der Waals surface area (Å²) in [7, 11) is 1.65. The number of hydrogen-bond donors (Lipinski definition) is 2. The van der Waals surface area contributed by atoms with Crippen molar-refractivity contribution < 1.29 is 9.84 Å². The number of nitrogens with two attached hydrogens (primary N) is 1. The van der Waals surface area contributed by atoms with Gasteiger partial charge >= 0.3 is 0 Å². The molecule has 0 saturated carbocycles. The number of hydrogen-bond acceptors (Lipinski definition) is 5. The Bertz CT molecular complexity index is 494. The average Bonchev–Trinajstić information content (AvgIpc) is 2.89. The highest BCUT2D eigenvalue weighted by molar-refractivity contribution is 7.80. The van der Waals surface area contributed by atoms with E-state index in [-0.39, 0.29) is 6.61 Å². The van der Waals surface area contributed by atoms with Crippen molar-refractivity contribution in [3.63, 3.8) is 0 Å². The van der Waals surface area contributed by atoms with Gasteiger partial charge in [0.2, 0.25) is 0 Å². The third-order valence-corrected chi connectivity index (χ3v) is 3.75. The fraction of sp³-hybridized carbons (Fsp3) is 0.571. The van der Waals surface area contributed by atoms with E-state index in [9.17, 15) is 5.11 Å². The van der Waals surface area contributed by atoms with Crippen LogP contribution >= 0.6 is 12.2 Å². The van der Waals surface area contributed by atoms with Gasteiger partial charge in [-0.05, 0) is 30.9 Å². The molecule has 1 aliphatic rings. The Labute approximate surface area is 124 Å². The molecular formula is C14H21N3O2S. The predicted octanol–water partition coefficient (Wildman–Crippen LogP) is 0.650. The number of aliphatic hydroxyl groups is 1. The zero-order valence-electron chi connectivity index (χ0n) is 11.8. The van der Waals surface area contributed by atoms with Crippen LogP contribution in [0.1, 0.15) is 23.2 Å². The van der Waals surface area contributed by atoms with Crippen LogP contribution in [0.4, 0.5) is 5.82 Å². The van der Waals surface area contributed by atoms with Gasteiger partial charge in [-0.1, -0.05) is 12.2 Å². The molecule has 5 nitrogen and oxygen atoms in total. The lowest BCUT2D eigenvalue weighted by Crippen LogP contribution is -2.33. The van der Waals surface area contributed by atoms with Crippen LogP contribution in [0.3, 0.4) is 0 Å². The van der Waals surface area contributed by atoms with Crippen molar-refractivity contribution in [2.24, 2.45) is 5.73 Å². The second-order valence-corrected chi connectivity index (χ2v) is 5.33. The smallest absolute Gasteiger partial charge is 0.139 e. The SMILES string of the molecule is COCCN(CCO)c1nc2c(cc1C(N)=S)CCC2. The van der Waals surface area contributed by atoms with Crippen LogP contribution in [0.25, 0.3) is 0 Å². The molecule has 1 aliphatic carbocycles. The standard InChI is InChI=1S/C14H21N3O2S/c1-19-8-6-17(5-7-18)14-11(13(15)20)9-10-3-2-4-12(10)16-14/h9,18H,2-8H2,1H3,(H2,15,20). The van der Waals surface area contributed by atoms with E-state index in [4.69, 9.17) is 27.7 Å². The number of thiocarbonyl (C=S) groups is 1. The van der Waals surface area contributed by atoms with Crippen molar-refractivity contribution in [1.82, 2.24) is 4.98 Å². The number of aliphatic hydroxyl groups excluding tert-OH is 1. The molecule has 1 aromatic heterocycles. The number of pyridine rings is 1. The monoisotopic (exact) mass is 295 g/mol. The fourth-order valence-corrected chi connectivity index (χ4v) is 2.68. The third-order valence-electron chi connectivity index (χ3n) is 3.53. The van der Waals surface area contributed by atoms with Gasteiger partial charge in [0.05, 0.1) is 18.8 Å². The highest BCUT2D eigenvalue weighted by Gasteiger charge is 2.20. The van der Waals surface area contributed by atoms with Crippen LogP contribution in [0.15, 0.2) is 6.07 Å². The number of fused-ring (bicyclic) bond motifs is 1. The van der Waals surface area contributed by atoms with Crippen LogP contribution in [0.5, 0.6) is 0 Å². The quantitative estimate of drug-likeness (QED) is 0.720. The van der Waals surface area contributed by atoms with Crippen LogP contribution in [-0.2, 0) is 17.6 Å². The van der Waals surface area contributed by atoms with Gasteiger partial charge in [-0.2, -0.15) is 0 Å². The molecule has 20 heavy (non-hydrogen) atoms. The summed E-state index contributed by atoms with van der Waals surface area (Å²) in [6.07, 6.45) is 3.16. The van der Waals surface area contributed by atoms with Gasteiger partial charge in [0.25, 0.3) is 0 Å². The van der Waals surface area contributed by atoms with E-state index in [0.29, 0.717) is 24.7 Å². The number of aryl methyl sites for hydroxylation is 2. The van der Waals surface area contributed by atoms with Gasteiger partial charge in [-0.15, -0.1) is 0 Å². The second kappa shape index (κ2) is 6.97. The number of ether oxygens (including phenoxy) is 1. The molecule has 0 radical (unpaired) electrons. The van der Waals surface area contributed by atoms with E-state index in [1.165, 1.54) is 5.56 Å². The average molecular weight is 295 g/mol. The second-order valence-electron chi connectivity index (χ2n) is 4.89. The van der Waals surface area contributed by atoms with E-state index in [0.717, 1.165) is 36.3 Å². The molecule has 0 atom stereocenters. The summed E-state index contributed by atoms with van der Waals surface area (Å²) in [5.74, 6) is 0.768. The summed E-state index contributed by atoms with van der Waals surface area (Å²) in [5.41, 5.74) is 9.01. The Morgan fingerprint density at radius 3 is 2.95 bits per heavy atom. The Kier molecular flexibility index (Phi) is 5.28. The van der Waals surface area contributed by atoms with Crippen molar-refractivity contribution >= 4 is 23.0 Å². The van der Waals surface area contributed by atoms with Crippen LogP contribution in [0.2, 0.25) is 0 Å². The number of anilines is 1. The molecule has 0 fully saturated rings. The molecule has 1 heterocycles. The zero-order valence-corrected chi connectivity index (χ0v) is 12.6. The summed E-state index contributed by atoms with van der Waals surface area (Å²) in [6.45, 7) is 1.76. The molecule has 0 aliphatic heterocycles. The molecule has 0 bridgehead atoms. The molecule has 0 saturated heterocycles. The Morgan fingerprint density at radius 2 is 2.30 bits per heavy atom. The Morgan fingerprint density at radius 1 is 1.50 bits per heavy atom. The van der Waals surface area contributed by atoms with Gasteiger partial charge in [-0.25, -0.2) is 4.98 Å². The van der Waals surface area contributed by atoms with Crippen LogP contribution in [0, 0.1) is 0 Å². The van der Waals surface area contributed by atoms with Crippen molar-refractivity contribution in [3.05, 3.63) is 22.9 Å². The molecule has 0 unspecified atom stereocenters. The first-order chi connectivity index (χ1) is 9.67. The van der Waals surface area contributed by atoms with E-state index in [1.807, 2.05) is 4.90 Å². The first-order valence-corrected chi connectivity index (χ1v) is 7.25. The van der Waals surface area contributed by atoms with Crippen molar-refractivity contribution in [2.75, 3.05) is 38.3 Å². The van der Waals surface area contributed by atoms with E-state index in [1.54, 1.807) is 7.11 Å². The number of aromatic nitrogens is 1. The normalized spacial score (nSPS) is 13.3. The van der Waals surface area contributed by atoms with Gasteiger partial charge < -0.3 is 20.5 Å². The minimum Gasteiger partial charge on any atom is -0.395 e. The summed E-state index contributed by atoms with van der Waals surface area (Å²) in [6, 6.07) is 2.06. The maximum absolute atomic E-state index is 9.25. The Balaban J connectivity index is 2.38. The maximum Gasteiger partial charge on any atom is 0.139 e. The van der Waals surface area contributed by atoms with Crippen LogP contribution < -0.4 is 10.6 Å². The third kappa shape index (κ3) is 3.26. The first-order valence-electron chi connectivity index (χ1n) is 6.84. The summed E-state index contributed by atoms with van der Waals surface area (Å²) in [5, 5.41) is 9.25. The molecule has 3 N–H and O–H groups in total. The van der Waals surface area contributed by atoms with Crippen molar-refractivity contribution in [1.29, 1.82) is 0 Å². The first kappa shape index (κ1) is 15.2. The van der Waals surface area contributed by atoms with Crippen molar-refractivity contribution in [3.8, 4) is 0 Å². The van der Waals surface area contributed by atoms with Gasteiger partial charge in [0, 0.05) is 25.9 Å². The number of nitrogens with zero attached hydrogens (tertiary/aromatic N) is 2. The van der Waals surface area contributed by atoms with Gasteiger partial charge in [0.1, 0.15) is 10.8 Å². The minimum absolute atomic E-state index is 0.0548. The molecular weight excluding hydrogens is 274 g/mol. The largest absolute Gasteiger partial charge is 0.395 e. The summed E-state index contributed by atoms with van der Waals surface area (Å²) < 4.78 is 5.12. The predicted molar refractivity (Wildman–Crippen MR) is 83.3 cm³/mol. The highest BCUT2D eigenvalue weighted by Crippen LogP contribution is 2.27. The molecule has 2 rings (SSSR count). The zero-order chi connectivity index (χ0) is 14.5. The van der Waals surface area contributed by atoms with E-state index < -0.39 is 0 Å². The fourth-order valence-electron chi connectivity index (χ4n) is 2.53. The number of rotatable bonds is 7.